The summed E-state index contributed by atoms with van der Waals surface area (Å²) in [6.07, 6.45) is 5.17. The number of imide groups is 1. The molecule has 146 valence electrons. The van der Waals surface area contributed by atoms with E-state index >= 15 is 0 Å². The first-order valence-electron chi connectivity index (χ1n) is 9.26. The van der Waals surface area contributed by atoms with Crippen LogP contribution in [-0.4, -0.2) is 58.3 Å². The third kappa shape index (κ3) is 3.74. The van der Waals surface area contributed by atoms with Crippen LogP contribution in [0.5, 0.6) is 0 Å². The van der Waals surface area contributed by atoms with Crippen molar-refractivity contribution in [2.45, 2.75) is 25.5 Å². The third-order valence-corrected chi connectivity index (χ3v) is 4.82. The number of aromatic nitrogens is 2. The van der Waals surface area contributed by atoms with Crippen LogP contribution in [0, 0.1) is 0 Å². The van der Waals surface area contributed by atoms with E-state index in [0.717, 1.165) is 12.8 Å². The van der Waals surface area contributed by atoms with E-state index in [2.05, 4.69) is 15.7 Å². The molecule has 4 rings (SSSR count). The van der Waals surface area contributed by atoms with Gasteiger partial charge in [-0.15, -0.1) is 0 Å². The average Bonchev–Trinajstić information content (AvgIpc) is 3.42. The number of fused-ring (bicyclic) bond motifs is 1. The molecule has 4 amide bonds. The first kappa shape index (κ1) is 18.2. The second-order valence-electron chi connectivity index (χ2n) is 6.77. The van der Waals surface area contributed by atoms with Gasteiger partial charge in [-0.25, -0.2) is 4.79 Å². The van der Waals surface area contributed by atoms with Crippen molar-refractivity contribution in [2.75, 3.05) is 25.0 Å². The van der Waals surface area contributed by atoms with Gasteiger partial charge in [-0.05, 0) is 37.1 Å². The fourth-order valence-corrected chi connectivity index (χ4v) is 3.42. The van der Waals surface area contributed by atoms with Crippen molar-refractivity contribution < 1.29 is 19.1 Å². The average molecular weight is 383 g/mol. The molecule has 1 fully saturated rings. The summed E-state index contributed by atoms with van der Waals surface area (Å²) in [5, 5.41) is 9.47. The molecule has 1 aromatic heterocycles. The second kappa shape index (κ2) is 7.81. The van der Waals surface area contributed by atoms with Crippen molar-refractivity contribution in [1.29, 1.82) is 0 Å². The van der Waals surface area contributed by atoms with E-state index in [9.17, 15) is 14.4 Å². The van der Waals surface area contributed by atoms with Crippen LogP contribution in [0.3, 0.4) is 0 Å². The number of anilines is 1. The Hall–Kier alpha value is -3.20. The SMILES string of the molecule is O=C(NCCn1cccn1)Nc1ccc2c(c1)C(=O)N(C[C@@H]1CCCO1)C2=O. The van der Waals surface area contributed by atoms with Gasteiger partial charge in [0.2, 0.25) is 0 Å². The summed E-state index contributed by atoms with van der Waals surface area (Å²) in [5.41, 5.74) is 1.11. The fourth-order valence-electron chi connectivity index (χ4n) is 3.42. The van der Waals surface area contributed by atoms with Gasteiger partial charge in [0.05, 0.1) is 30.3 Å². The molecule has 0 radical (unpaired) electrons. The Bertz CT molecular complexity index is 890. The Morgan fingerprint density at radius 2 is 2.11 bits per heavy atom. The molecular formula is C19H21N5O4. The Balaban J connectivity index is 1.36. The number of carbonyl (C=O) groups excluding carboxylic acids is 3. The molecule has 3 heterocycles. The maximum atomic E-state index is 12.6. The minimum Gasteiger partial charge on any atom is -0.376 e. The number of urea groups is 1. The summed E-state index contributed by atoms with van der Waals surface area (Å²) in [5.74, 6) is -0.663. The number of hydrogen-bond acceptors (Lipinski definition) is 5. The first-order chi connectivity index (χ1) is 13.6. The monoisotopic (exact) mass is 383 g/mol. The summed E-state index contributed by atoms with van der Waals surface area (Å²) < 4.78 is 7.24. The molecule has 1 saturated heterocycles. The number of hydrogen-bond donors (Lipinski definition) is 2. The topological polar surface area (TPSA) is 106 Å². The fraction of sp³-hybridized carbons (Fsp3) is 0.368. The zero-order valence-electron chi connectivity index (χ0n) is 15.3. The highest BCUT2D eigenvalue weighted by Gasteiger charge is 2.37. The van der Waals surface area contributed by atoms with E-state index in [0.29, 0.717) is 36.5 Å². The Morgan fingerprint density at radius 1 is 1.25 bits per heavy atom. The second-order valence-corrected chi connectivity index (χ2v) is 6.77. The van der Waals surface area contributed by atoms with Crippen LogP contribution in [0.15, 0.2) is 36.7 Å². The molecule has 0 aliphatic carbocycles. The number of amides is 4. The molecule has 9 heteroatoms. The van der Waals surface area contributed by atoms with Gasteiger partial charge in [0.25, 0.3) is 11.8 Å². The predicted molar refractivity (Wildman–Crippen MR) is 100 cm³/mol. The molecule has 0 unspecified atom stereocenters. The molecule has 0 saturated carbocycles. The summed E-state index contributed by atoms with van der Waals surface area (Å²) in [6, 6.07) is 6.15. The van der Waals surface area contributed by atoms with Crippen LogP contribution in [0.1, 0.15) is 33.6 Å². The van der Waals surface area contributed by atoms with E-state index < -0.39 is 0 Å². The van der Waals surface area contributed by atoms with Crippen LogP contribution in [0.25, 0.3) is 0 Å². The van der Waals surface area contributed by atoms with E-state index in [4.69, 9.17) is 4.74 Å². The smallest absolute Gasteiger partial charge is 0.319 e. The van der Waals surface area contributed by atoms with Crippen LogP contribution < -0.4 is 10.6 Å². The zero-order valence-corrected chi connectivity index (χ0v) is 15.3. The molecule has 0 bridgehead atoms. The van der Waals surface area contributed by atoms with Gasteiger partial charge in [-0.3, -0.25) is 19.2 Å². The summed E-state index contributed by atoms with van der Waals surface area (Å²) in [6.45, 7) is 1.89. The van der Waals surface area contributed by atoms with Crippen LogP contribution in [0.4, 0.5) is 10.5 Å². The van der Waals surface area contributed by atoms with Gasteiger partial charge in [-0.2, -0.15) is 5.10 Å². The number of nitrogens with one attached hydrogen (secondary N) is 2. The molecule has 2 aliphatic rings. The van der Waals surface area contributed by atoms with Gasteiger partial charge in [0, 0.05) is 31.2 Å². The lowest BCUT2D eigenvalue weighted by Crippen LogP contribution is -2.36. The minimum absolute atomic E-state index is 0.0969. The van der Waals surface area contributed by atoms with E-state index in [1.165, 1.54) is 11.0 Å². The third-order valence-electron chi connectivity index (χ3n) is 4.82. The van der Waals surface area contributed by atoms with Crippen molar-refractivity contribution in [2.24, 2.45) is 0 Å². The lowest BCUT2D eigenvalue weighted by Gasteiger charge is -2.17. The maximum Gasteiger partial charge on any atom is 0.319 e. The van der Waals surface area contributed by atoms with Gasteiger partial charge in [-0.1, -0.05) is 0 Å². The highest BCUT2D eigenvalue weighted by molar-refractivity contribution is 6.21. The minimum atomic E-state index is -0.389. The van der Waals surface area contributed by atoms with E-state index in [1.54, 1.807) is 23.0 Å². The van der Waals surface area contributed by atoms with Crippen molar-refractivity contribution in [3.05, 3.63) is 47.8 Å². The molecule has 2 aliphatic heterocycles. The number of rotatable bonds is 6. The molecule has 0 spiro atoms. The van der Waals surface area contributed by atoms with E-state index in [1.807, 2.05) is 12.3 Å². The van der Waals surface area contributed by atoms with Crippen LogP contribution >= 0.6 is 0 Å². The van der Waals surface area contributed by atoms with Crippen molar-refractivity contribution >= 4 is 23.5 Å². The summed E-state index contributed by atoms with van der Waals surface area (Å²) in [4.78, 5) is 38.5. The van der Waals surface area contributed by atoms with Gasteiger partial charge in [0.15, 0.2) is 0 Å². The van der Waals surface area contributed by atoms with Crippen LogP contribution in [0.2, 0.25) is 0 Å². The number of benzene rings is 1. The van der Waals surface area contributed by atoms with Gasteiger partial charge >= 0.3 is 6.03 Å². The Kier molecular flexibility index (Phi) is 5.07. The quantitative estimate of drug-likeness (QED) is 0.735. The Labute approximate surface area is 161 Å². The van der Waals surface area contributed by atoms with Crippen molar-refractivity contribution in [3.8, 4) is 0 Å². The molecule has 1 atom stereocenters. The largest absolute Gasteiger partial charge is 0.376 e. The summed E-state index contributed by atoms with van der Waals surface area (Å²) >= 11 is 0. The standard InChI is InChI=1S/C19H21N5O4/c25-17-15-5-4-13(22-19(27)20-7-9-23-8-2-6-21-23)11-16(15)18(26)24(17)12-14-3-1-10-28-14/h2,4-6,8,11,14H,1,3,7,9-10,12H2,(H2,20,22,27)/t14-/m0/s1. The van der Waals surface area contributed by atoms with Crippen molar-refractivity contribution in [3.63, 3.8) is 0 Å². The molecule has 2 aromatic rings. The lowest BCUT2D eigenvalue weighted by atomic mass is 10.1. The normalized spacial score (nSPS) is 18.4. The molecule has 1 aromatic carbocycles. The Morgan fingerprint density at radius 3 is 2.86 bits per heavy atom. The highest BCUT2D eigenvalue weighted by Crippen LogP contribution is 2.27. The summed E-state index contributed by atoms with van der Waals surface area (Å²) in [7, 11) is 0. The van der Waals surface area contributed by atoms with Gasteiger partial charge in [0.1, 0.15) is 0 Å². The molecule has 28 heavy (non-hydrogen) atoms. The zero-order chi connectivity index (χ0) is 19.5. The lowest BCUT2D eigenvalue weighted by molar-refractivity contribution is 0.0475. The molecule has 9 nitrogen and oxygen atoms in total. The van der Waals surface area contributed by atoms with E-state index in [-0.39, 0.29) is 30.5 Å². The first-order valence-corrected chi connectivity index (χ1v) is 9.26. The maximum absolute atomic E-state index is 12.6. The molecular weight excluding hydrogens is 362 g/mol. The number of carbonyl (C=O) groups is 3. The van der Waals surface area contributed by atoms with Crippen molar-refractivity contribution in [1.82, 2.24) is 20.0 Å². The van der Waals surface area contributed by atoms with Gasteiger partial charge < -0.3 is 15.4 Å². The number of nitrogens with zero attached hydrogens (tertiary/aromatic N) is 3. The van der Waals surface area contributed by atoms with Crippen LogP contribution in [-0.2, 0) is 11.3 Å². The number of ether oxygens (including phenoxy) is 1. The molecule has 2 N–H and O–H groups in total. The highest BCUT2D eigenvalue weighted by atomic mass is 16.5. The predicted octanol–water partition coefficient (Wildman–Crippen LogP) is 1.48.